The molecule has 7 heteroatoms. The molecule has 0 amide bonds. The van der Waals surface area contributed by atoms with Crippen molar-refractivity contribution in [2.75, 3.05) is 12.0 Å². The van der Waals surface area contributed by atoms with Gasteiger partial charge in [-0.3, -0.25) is 4.21 Å². The van der Waals surface area contributed by atoms with Crippen LogP contribution in [0.2, 0.25) is 5.02 Å². The maximum Gasteiger partial charge on any atom is 0.178 e. The Morgan fingerprint density at radius 3 is 2.89 bits per heavy atom. The Morgan fingerprint density at radius 2 is 2.28 bits per heavy atom. The minimum atomic E-state index is -0.929. The van der Waals surface area contributed by atoms with Crippen LogP contribution < -0.4 is 0 Å². The molecule has 0 spiro atoms. The summed E-state index contributed by atoms with van der Waals surface area (Å²) in [7, 11) is -0.929. The number of aromatic amines is 1. The number of fused-ring (bicyclic) bond motifs is 1. The maximum atomic E-state index is 13.4. The van der Waals surface area contributed by atoms with Crippen LogP contribution in [0.15, 0.2) is 12.1 Å². The number of H-pyrrole nitrogens is 1. The Morgan fingerprint density at radius 1 is 1.61 bits per heavy atom. The van der Waals surface area contributed by atoms with Crippen LogP contribution in [0.25, 0.3) is 11.0 Å². The minimum Gasteiger partial charge on any atom is -0.330 e. The predicted octanol–water partition coefficient (Wildman–Crippen LogP) is 3.43. The van der Waals surface area contributed by atoms with E-state index in [0.29, 0.717) is 16.0 Å². The first-order chi connectivity index (χ1) is 8.40. The largest absolute Gasteiger partial charge is 0.330 e. The molecule has 2 aromatic rings. The fraction of sp³-hybridized carbons (Fsp3) is 0.364. The quantitative estimate of drug-likeness (QED) is 0.882. The molecule has 2 unspecified atom stereocenters. The van der Waals surface area contributed by atoms with Gasteiger partial charge in [0.2, 0.25) is 0 Å². The van der Waals surface area contributed by atoms with Crippen molar-refractivity contribution >= 4 is 45.7 Å². The number of rotatable bonds is 3. The van der Waals surface area contributed by atoms with Crippen LogP contribution in [0, 0.1) is 10.6 Å². The molecule has 1 N–H and O–H groups in total. The zero-order valence-electron chi connectivity index (χ0n) is 9.87. The molecule has 1 aromatic carbocycles. The van der Waals surface area contributed by atoms with Crippen molar-refractivity contribution in [1.82, 2.24) is 9.55 Å². The van der Waals surface area contributed by atoms with Crippen molar-refractivity contribution in [2.45, 2.75) is 13.0 Å². The minimum absolute atomic E-state index is 0.0430. The third-order valence-corrected chi connectivity index (χ3v) is 4.22. The first-order valence-corrected chi connectivity index (χ1v) is 7.80. The molecule has 2 atom stereocenters. The molecule has 0 fully saturated rings. The zero-order valence-corrected chi connectivity index (χ0v) is 12.3. The van der Waals surface area contributed by atoms with Crippen LogP contribution in [0.4, 0.5) is 4.39 Å². The second-order valence-corrected chi connectivity index (χ2v) is 6.45. The van der Waals surface area contributed by atoms with Crippen LogP contribution in [-0.4, -0.2) is 25.8 Å². The van der Waals surface area contributed by atoms with Gasteiger partial charge in [-0.25, -0.2) is 4.39 Å². The number of nitrogens with zero attached hydrogens (tertiary/aromatic N) is 1. The second kappa shape index (κ2) is 5.11. The Balaban J connectivity index is 2.63. The van der Waals surface area contributed by atoms with E-state index in [-0.39, 0.29) is 11.1 Å². The number of hydrogen-bond acceptors (Lipinski definition) is 2. The van der Waals surface area contributed by atoms with Crippen molar-refractivity contribution in [2.24, 2.45) is 0 Å². The zero-order chi connectivity index (χ0) is 13.4. The van der Waals surface area contributed by atoms with Crippen molar-refractivity contribution in [3.05, 3.63) is 27.7 Å². The van der Waals surface area contributed by atoms with E-state index in [4.69, 9.17) is 23.8 Å². The third-order valence-electron chi connectivity index (χ3n) is 2.68. The molecule has 1 aromatic heterocycles. The summed E-state index contributed by atoms with van der Waals surface area (Å²) in [6.45, 7) is 1.92. The normalized spacial score (nSPS) is 14.9. The van der Waals surface area contributed by atoms with Gasteiger partial charge in [-0.2, -0.15) is 0 Å². The van der Waals surface area contributed by atoms with Gasteiger partial charge in [-0.05, 0) is 25.2 Å². The van der Waals surface area contributed by atoms with Crippen LogP contribution in [-0.2, 0) is 10.8 Å². The Bertz CT molecular complexity index is 679. The summed E-state index contributed by atoms with van der Waals surface area (Å²) in [5.74, 6) is -0.00437. The molecule has 0 bridgehead atoms. The molecule has 98 valence electrons. The van der Waals surface area contributed by atoms with Crippen LogP contribution in [0.3, 0.4) is 0 Å². The summed E-state index contributed by atoms with van der Waals surface area (Å²) in [6, 6.07) is 2.81. The molecular formula is C11H12ClFN2OS2. The smallest absolute Gasteiger partial charge is 0.178 e. The van der Waals surface area contributed by atoms with Gasteiger partial charge in [0, 0.05) is 34.9 Å². The fourth-order valence-electron chi connectivity index (χ4n) is 1.97. The molecule has 3 nitrogen and oxygen atoms in total. The number of nitrogens with one attached hydrogen (secondary N) is 1. The molecule has 2 rings (SSSR count). The molecule has 1 heterocycles. The van der Waals surface area contributed by atoms with Gasteiger partial charge in [-0.15, -0.1) is 0 Å². The Labute approximate surface area is 116 Å². The summed E-state index contributed by atoms with van der Waals surface area (Å²) >= 11 is 11.0. The van der Waals surface area contributed by atoms with E-state index in [1.54, 1.807) is 6.26 Å². The molecule has 0 saturated heterocycles. The van der Waals surface area contributed by atoms with Gasteiger partial charge in [0.1, 0.15) is 5.82 Å². The molecule has 18 heavy (non-hydrogen) atoms. The number of aromatic nitrogens is 2. The number of benzene rings is 1. The van der Waals surface area contributed by atoms with E-state index in [2.05, 4.69) is 4.98 Å². The number of halogens is 2. The maximum absolute atomic E-state index is 13.4. The highest BCUT2D eigenvalue weighted by Crippen LogP contribution is 2.25. The third kappa shape index (κ3) is 2.50. The second-order valence-electron chi connectivity index (χ2n) is 4.17. The van der Waals surface area contributed by atoms with Crippen molar-refractivity contribution in [1.29, 1.82) is 0 Å². The van der Waals surface area contributed by atoms with Crippen molar-refractivity contribution in [3.63, 3.8) is 0 Å². The summed E-state index contributed by atoms with van der Waals surface area (Å²) in [5.41, 5.74) is 1.32. The lowest BCUT2D eigenvalue weighted by Crippen LogP contribution is -2.12. The highest BCUT2D eigenvalue weighted by molar-refractivity contribution is 7.84. The summed E-state index contributed by atoms with van der Waals surface area (Å²) < 4.78 is 26.9. The lowest BCUT2D eigenvalue weighted by Gasteiger charge is -2.13. The SMILES string of the molecule is CC(CS(C)=O)n1c(=S)[nH]c2cc(F)c(Cl)cc21. The Hall–Kier alpha value is -0.720. The van der Waals surface area contributed by atoms with Crippen molar-refractivity contribution < 1.29 is 8.60 Å². The first kappa shape index (κ1) is 13.7. The van der Waals surface area contributed by atoms with Gasteiger partial charge >= 0.3 is 0 Å². The molecule has 0 aliphatic heterocycles. The van der Waals surface area contributed by atoms with Gasteiger partial charge < -0.3 is 9.55 Å². The van der Waals surface area contributed by atoms with Crippen LogP contribution in [0.1, 0.15) is 13.0 Å². The average molecular weight is 307 g/mol. The molecule has 0 aliphatic rings. The topological polar surface area (TPSA) is 37.8 Å². The van der Waals surface area contributed by atoms with Gasteiger partial charge in [-0.1, -0.05) is 11.6 Å². The first-order valence-electron chi connectivity index (χ1n) is 5.29. The lowest BCUT2D eigenvalue weighted by atomic mass is 10.3. The summed E-state index contributed by atoms with van der Waals surface area (Å²) in [5, 5.41) is 0.0510. The van der Waals surface area contributed by atoms with E-state index in [1.165, 1.54) is 12.1 Å². The average Bonchev–Trinajstić information content (AvgIpc) is 2.53. The van der Waals surface area contributed by atoms with Crippen LogP contribution >= 0.6 is 23.8 Å². The predicted molar refractivity (Wildman–Crippen MR) is 75.7 cm³/mol. The number of hydrogen-bond donors (Lipinski definition) is 1. The van der Waals surface area contributed by atoms with Gasteiger partial charge in [0.15, 0.2) is 4.77 Å². The van der Waals surface area contributed by atoms with E-state index in [0.717, 1.165) is 5.52 Å². The van der Waals surface area contributed by atoms with E-state index < -0.39 is 16.6 Å². The monoisotopic (exact) mass is 306 g/mol. The van der Waals surface area contributed by atoms with E-state index in [1.807, 2.05) is 11.5 Å². The molecule has 0 saturated carbocycles. The Kier molecular flexibility index (Phi) is 3.89. The van der Waals surface area contributed by atoms with Gasteiger partial charge in [0.05, 0.1) is 16.1 Å². The molecule has 0 aliphatic carbocycles. The van der Waals surface area contributed by atoms with E-state index in [9.17, 15) is 8.60 Å². The lowest BCUT2D eigenvalue weighted by molar-refractivity contribution is 0.604. The fourth-order valence-corrected chi connectivity index (χ4v) is 3.35. The number of imidazole rings is 1. The van der Waals surface area contributed by atoms with Crippen molar-refractivity contribution in [3.8, 4) is 0 Å². The van der Waals surface area contributed by atoms with E-state index >= 15 is 0 Å². The summed E-state index contributed by atoms with van der Waals surface area (Å²) in [6.07, 6.45) is 1.64. The molecular weight excluding hydrogens is 295 g/mol. The summed E-state index contributed by atoms with van der Waals surface area (Å²) in [4.78, 5) is 2.93. The van der Waals surface area contributed by atoms with Crippen LogP contribution in [0.5, 0.6) is 0 Å². The highest BCUT2D eigenvalue weighted by atomic mass is 35.5. The standard InChI is InChI=1S/C11H12ClFN2OS2/c1-6(5-18(2)16)15-10-3-7(12)8(13)4-9(10)14-11(15)17/h3-4,6H,5H2,1-2H3,(H,14,17). The highest BCUT2D eigenvalue weighted by Gasteiger charge is 2.14. The van der Waals surface area contributed by atoms with Gasteiger partial charge in [0.25, 0.3) is 0 Å². The molecule has 0 radical (unpaired) electrons.